The summed E-state index contributed by atoms with van der Waals surface area (Å²) in [4.78, 5) is 28.1. The summed E-state index contributed by atoms with van der Waals surface area (Å²) < 4.78 is 29.1. The molecule has 2 amide bonds. The van der Waals surface area contributed by atoms with Gasteiger partial charge in [-0.05, 0) is 54.7 Å². The van der Waals surface area contributed by atoms with E-state index in [9.17, 15) is 18.0 Å². The third kappa shape index (κ3) is 6.96. The van der Waals surface area contributed by atoms with Gasteiger partial charge in [0.05, 0.1) is 11.4 Å². The van der Waals surface area contributed by atoms with Crippen LogP contribution in [0.1, 0.15) is 50.2 Å². The Morgan fingerprint density at radius 1 is 0.973 bits per heavy atom. The predicted octanol–water partition coefficient (Wildman–Crippen LogP) is 4.29. The number of sulfonamides is 1. The zero-order chi connectivity index (χ0) is 26.4. The Kier molecular flexibility index (Phi) is 8.61. The summed E-state index contributed by atoms with van der Waals surface area (Å²) in [5.41, 5.74) is 1.97. The van der Waals surface area contributed by atoms with Crippen molar-refractivity contribution in [2.75, 3.05) is 6.54 Å². The molecule has 0 unspecified atom stereocenters. The van der Waals surface area contributed by atoms with Crippen molar-refractivity contribution in [3.05, 3.63) is 77.9 Å². The Morgan fingerprint density at radius 2 is 1.65 bits per heavy atom. The van der Waals surface area contributed by atoms with Crippen LogP contribution in [0, 0.1) is 6.92 Å². The van der Waals surface area contributed by atoms with Gasteiger partial charge < -0.3 is 10.2 Å². The molecule has 0 bridgehead atoms. The SMILES string of the molecule is CC[C@@H](NS(=O)(=O)c1ccc2ccccc2c1)C(=O)N(CC(=O)NC1CCCC1)Cc1ccc(C)cc1. The highest BCUT2D eigenvalue weighted by Crippen LogP contribution is 2.20. The molecule has 8 heteroatoms. The Balaban J connectivity index is 1.53. The molecule has 1 fully saturated rings. The number of carbonyl (C=O) groups excluding carboxylic acids is 2. The highest BCUT2D eigenvalue weighted by molar-refractivity contribution is 7.89. The fourth-order valence-corrected chi connectivity index (χ4v) is 6.07. The third-order valence-electron chi connectivity index (χ3n) is 6.90. The van der Waals surface area contributed by atoms with Crippen molar-refractivity contribution in [1.29, 1.82) is 0 Å². The highest BCUT2D eigenvalue weighted by Gasteiger charge is 2.30. The second-order valence-corrected chi connectivity index (χ2v) is 11.5. The van der Waals surface area contributed by atoms with Crippen LogP contribution in [0.3, 0.4) is 0 Å². The molecular weight excluding hydrogens is 486 g/mol. The summed E-state index contributed by atoms with van der Waals surface area (Å²) in [6.07, 6.45) is 4.32. The summed E-state index contributed by atoms with van der Waals surface area (Å²) in [7, 11) is -3.97. The van der Waals surface area contributed by atoms with E-state index in [1.165, 1.54) is 4.90 Å². The van der Waals surface area contributed by atoms with Crippen LogP contribution in [0.5, 0.6) is 0 Å². The fourth-order valence-electron chi connectivity index (χ4n) is 4.76. The molecule has 0 aliphatic heterocycles. The average molecular weight is 522 g/mol. The quantitative estimate of drug-likeness (QED) is 0.416. The first-order valence-electron chi connectivity index (χ1n) is 12.9. The minimum Gasteiger partial charge on any atom is -0.352 e. The highest BCUT2D eigenvalue weighted by atomic mass is 32.2. The number of nitrogens with zero attached hydrogens (tertiary/aromatic N) is 1. The molecule has 0 radical (unpaired) electrons. The van der Waals surface area contributed by atoms with Crippen molar-refractivity contribution in [2.45, 2.75) is 69.5 Å². The predicted molar refractivity (Wildman–Crippen MR) is 145 cm³/mol. The van der Waals surface area contributed by atoms with Gasteiger partial charge in [-0.2, -0.15) is 4.72 Å². The van der Waals surface area contributed by atoms with Gasteiger partial charge in [0.2, 0.25) is 21.8 Å². The average Bonchev–Trinajstić information content (AvgIpc) is 3.40. The van der Waals surface area contributed by atoms with Crippen molar-refractivity contribution in [3.8, 4) is 0 Å². The minimum atomic E-state index is -3.97. The Hall–Kier alpha value is -3.23. The number of rotatable bonds is 10. The van der Waals surface area contributed by atoms with E-state index >= 15 is 0 Å². The molecule has 37 heavy (non-hydrogen) atoms. The summed E-state index contributed by atoms with van der Waals surface area (Å²) >= 11 is 0. The molecule has 0 aromatic heterocycles. The number of benzene rings is 3. The first kappa shape index (κ1) is 26.8. The molecule has 1 atom stereocenters. The monoisotopic (exact) mass is 521 g/mol. The van der Waals surface area contributed by atoms with Crippen molar-refractivity contribution in [3.63, 3.8) is 0 Å². The van der Waals surface area contributed by atoms with Crippen LogP contribution in [-0.4, -0.2) is 43.8 Å². The van der Waals surface area contributed by atoms with Crippen molar-refractivity contribution < 1.29 is 18.0 Å². The summed E-state index contributed by atoms with van der Waals surface area (Å²) in [5.74, 6) is -0.645. The van der Waals surface area contributed by atoms with Crippen LogP contribution in [0.15, 0.2) is 71.6 Å². The van der Waals surface area contributed by atoms with Crippen LogP contribution in [0.25, 0.3) is 10.8 Å². The van der Waals surface area contributed by atoms with Gasteiger partial charge in [-0.25, -0.2) is 8.42 Å². The number of hydrogen-bond donors (Lipinski definition) is 2. The zero-order valence-corrected chi connectivity index (χ0v) is 22.3. The summed E-state index contributed by atoms with van der Waals surface area (Å²) in [5, 5.41) is 4.77. The lowest BCUT2D eigenvalue weighted by Gasteiger charge is -2.28. The van der Waals surface area contributed by atoms with Crippen molar-refractivity contribution in [1.82, 2.24) is 14.9 Å². The molecular formula is C29H35N3O4S. The maximum Gasteiger partial charge on any atom is 0.241 e. The van der Waals surface area contributed by atoms with Crippen LogP contribution < -0.4 is 10.0 Å². The van der Waals surface area contributed by atoms with Gasteiger partial charge in [-0.15, -0.1) is 0 Å². The first-order chi connectivity index (χ1) is 17.7. The van der Waals surface area contributed by atoms with Gasteiger partial charge in [0.15, 0.2) is 0 Å². The van der Waals surface area contributed by atoms with E-state index in [1.54, 1.807) is 25.1 Å². The Bertz CT molecular complexity index is 1350. The van der Waals surface area contributed by atoms with Crippen LogP contribution in [0.2, 0.25) is 0 Å². The molecule has 4 rings (SSSR count). The molecule has 1 aliphatic rings. The molecule has 3 aromatic rings. The molecule has 3 aromatic carbocycles. The molecule has 7 nitrogen and oxygen atoms in total. The molecule has 0 heterocycles. The Morgan fingerprint density at radius 3 is 2.32 bits per heavy atom. The van der Waals surface area contributed by atoms with Crippen LogP contribution in [-0.2, 0) is 26.2 Å². The summed E-state index contributed by atoms with van der Waals surface area (Å²) in [6, 6.07) is 19.3. The molecule has 196 valence electrons. The zero-order valence-electron chi connectivity index (χ0n) is 21.4. The second-order valence-electron chi connectivity index (χ2n) is 9.82. The molecule has 0 spiro atoms. The van der Waals surface area contributed by atoms with E-state index in [0.717, 1.165) is 47.6 Å². The van der Waals surface area contributed by atoms with E-state index < -0.39 is 22.0 Å². The van der Waals surface area contributed by atoms with Gasteiger partial charge in [0.25, 0.3) is 0 Å². The fraction of sp³-hybridized carbons (Fsp3) is 0.379. The number of carbonyl (C=O) groups is 2. The third-order valence-corrected chi connectivity index (χ3v) is 8.36. The van der Waals surface area contributed by atoms with E-state index in [4.69, 9.17) is 0 Å². The minimum absolute atomic E-state index is 0.0986. The molecule has 1 saturated carbocycles. The lowest BCUT2D eigenvalue weighted by atomic mass is 10.1. The number of fused-ring (bicyclic) bond motifs is 1. The lowest BCUT2D eigenvalue weighted by molar-refractivity contribution is -0.138. The van der Waals surface area contributed by atoms with Gasteiger partial charge in [0, 0.05) is 12.6 Å². The van der Waals surface area contributed by atoms with E-state index in [2.05, 4.69) is 10.0 Å². The van der Waals surface area contributed by atoms with E-state index in [0.29, 0.717) is 0 Å². The van der Waals surface area contributed by atoms with Crippen molar-refractivity contribution in [2.24, 2.45) is 0 Å². The second kappa shape index (κ2) is 11.9. The van der Waals surface area contributed by atoms with E-state index in [-0.39, 0.29) is 36.4 Å². The maximum atomic E-state index is 13.7. The van der Waals surface area contributed by atoms with Gasteiger partial charge in [-0.1, -0.05) is 79.9 Å². The molecule has 2 N–H and O–H groups in total. The van der Waals surface area contributed by atoms with Crippen LogP contribution in [0.4, 0.5) is 0 Å². The summed E-state index contributed by atoms with van der Waals surface area (Å²) in [6.45, 7) is 3.83. The van der Waals surface area contributed by atoms with Crippen LogP contribution >= 0.6 is 0 Å². The van der Waals surface area contributed by atoms with Gasteiger partial charge in [-0.3, -0.25) is 9.59 Å². The largest absolute Gasteiger partial charge is 0.352 e. The number of aryl methyl sites for hydroxylation is 1. The smallest absolute Gasteiger partial charge is 0.241 e. The number of amides is 2. The number of hydrogen-bond acceptors (Lipinski definition) is 4. The topological polar surface area (TPSA) is 95.6 Å². The Labute approximate surface area is 219 Å². The molecule has 0 saturated heterocycles. The standard InChI is InChI=1S/C29H35N3O4S/c1-3-27(31-37(35,36)26-17-16-23-8-4-5-9-24(23)18-26)29(34)32(19-22-14-12-21(2)13-15-22)20-28(33)30-25-10-6-7-11-25/h4-5,8-9,12-18,25,27,31H,3,6-7,10-11,19-20H2,1-2H3,(H,30,33)/t27-/m1/s1. The van der Waals surface area contributed by atoms with Crippen molar-refractivity contribution >= 4 is 32.6 Å². The normalized spacial score (nSPS) is 15.0. The first-order valence-corrected chi connectivity index (χ1v) is 14.4. The van der Waals surface area contributed by atoms with E-state index in [1.807, 2.05) is 55.5 Å². The van der Waals surface area contributed by atoms with Gasteiger partial charge >= 0.3 is 0 Å². The lowest BCUT2D eigenvalue weighted by Crippen LogP contribution is -2.51. The molecule has 1 aliphatic carbocycles. The maximum absolute atomic E-state index is 13.7. The van der Waals surface area contributed by atoms with Gasteiger partial charge in [0.1, 0.15) is 6.04 Å². The number of nitrogens with one attached hydrogen (secondary N) is 2.